The molecule has 1 N–H and O–H groups in total. The van der Waals surface area contributed by atoms with Crippen molar-refractivity contribution in [1.29, 1.82) is 0 Å². The SMILES string of the molecule is O=C(c1oc(-c2ccccn2)nc1C1CC1)N1CCc2[nH]cnc2[C@H]1c1nc2ccccc2s1. The van der Waals surface area contributed by atoms with Gasteiger partial charge in [-0.2, -0.15) is 0 Å². The normalized spacial score (nSPS) is 17.8. The van der Waals surface area contributed by atoms with Gasteiger partial charge in [-0.1, -0.05) is 18.2 Å². The number of rotatable bonds is 4. The second-order valence-corrected chi connectivity index (χ2v) is 9.72. The van der Waals surface area contributed by atoms with Gasteiger partial charge in [-0.25, -0.2) is 15.0 Å². The Morgan fingerprint density at radius 2 is 1.94 bits per heavy atom. The highest BCUT2D eigenvalue weighted by atomic mass is 32.1. The van der Waals surface area contributed by atoms with Crippen molar-refractivity contribution in [2.75, 3.05) is 6.54 Å². The Kier molecular flexibility index (Phi) is 4.38. The van der Waals surface area contributed by atoms with Gasteiger partial charge >= 0.3 is 0 Å². The van der Waals surface area contributed by atoms with Crippen LogP contribution in [-0.2, 0) is 6.42 Å². The average Bonchev–Trinajstić information content (AvgIpc) is 3.28. The molecule has 1 fully saturated rings. The van der Waals surface area contributed by atoms with Crippen LogP contribution in [0.5, 0.6) is 0 Å². The smallest absolute Gasteiger partial charge is 0.292 e. The molecule has 9 heteroatoms. The molecule has 0 radical (unpaired) electrons. The molecule has 5 aromatic rings. The molecule has 1 atom stereocenters. The number of hydrogen-bond donors (Lipinski definition) is 1. The monoisotopic (exact) mass is 468 g/mol. The molecule has 0 spiro atoms. The van der Waals surface area contributed by atoms with Gasteiger partial charge in [0.05, 0.1) is 27.9 Å². The van der Waals surface area contributed by atoms with Gasteiger partial charge in [-0.05, 0) is 37.1 Å². The van der Waals surface area contributed by atoms with Crippen LogP contribution >= 0.6 is 11.3 Å². The van der Waals surface area contributed by atoms with Crippen molar-refractivity contribution in [3.8, 4) is 11.6 Å². The molecule has 168 valence electrons. The topological polar surface area (TPSA) is 101 Å². The summed E-state index contributed by atoms with van der Waals surface area (Å²) >= 11 is 1.60. The molecule has 8 nitrogen and oxygen atoms in total. The number of hydrogen-bond acceptors (Lipinski definition) is 7. The van der Waals surface area contributed by atoms with Crippen molar-refractivity contribution in [2.45, 2.75) is 31.2 Å². The van der Waals surface area contributed by atoms with E-state index in [0.717, 1.165) is 45.1 Å². The van der Waals surface area contributed by atoms with Gasteiger partial charge in [-0.3, -0.25) is 9.78 Å². The third-order valence-electron chi connectivity index (χ3n) is 6.43. The molecular weight excluding hydrogens is 448 g/mol. The summed E-state index contributed by atoms with van der Waals surface area (Å²) < 4.78 is 7.21. The number of imidazole rings is 1. The van der Waals surface area contributed by atoms with Crippen LogP contribution in [0.3, 0.4) is 0 Å². The van der Waals surface area contributed by atoms with Crippen LogP contribution in [-0.4, -0.2) is 42.3 Å². The van der Waals surface area contributed by atoms with Gasteiger partial charge in [0.1, 0.15) is 16.7 Å². The van der Waals surface area contributed by atoms with E-state index in [1.165, 1.54) is 0 Å². The van der Waals surface area contributed by atoms with Crippen molar-refractivity contribution in [3.05, 3.63) is 82.8 Å². The number of aromatic nitrogens is 5. The van der Waals surface area contributed by atoms with Crippen molar-refractivity contribution in [1.82, 2.24) is 29.8 Å². The van der Waals surface area contributed by atoms with E-state index in [-0.39, 0.29) is 17.9 Å². The largest absolute Gasteiger partial charge is 0.429 e. The Balaban J connectivity index is 1.33. The van der Waals surface area contributed by atoms with Crippen LogP contribution in [0, 0.1) is 0 Å². The van der Waals surface area contributed by atoms with Crippen LogP contribution in [0.15, 0.2) is 59.4 Å². The molecule has 0 unspecified atom stereocenters. The number of pyridine rings is 1. The van der Waals surface area contributed by atoms with E-state index in [1.54, 1.807) is 23.9 Å². The second-order valence-electron chi connectivity index (χ2n) is 8.66. The summed E-state index contributed by atoms with van der Waals surface area (Å²) in [7, 11) is 0. The Hall–Kier alpha value is -3.85. The molecule has 2 aliphatic rings. The number of para-hydroxylation sites is 1. The molecule has 1 aliphatic heterocycles. The fraction of sp³-hybridized carbons (Fsp3) is 0.240. The van der Waals surface area contributed by atoms with E-state index in [9.17, 15) is 4.79 Å². The average molecular weight is 469 g/mol. The van der Waals surface area contributed by atoms with Crippen LogP contribution in [0.2, 0.25) is 0 Å². The molecule has 5 heterocycles. The second kappa shape index (κ2) is 7.59. The van der Waals surface area contributed by atoms with Crippen molar-refractivity contribution in [3.63, 3.8) is 0 Å². The highest BCUT2D eigenvalue weighted by molar-refractivity contribution is 7.18. The summed E-state index contributed by atoms with van der Waals surface area (Å²) in [5.41, 5.74) is 4.17. The van der Waals surface area contributed by atoms with Crippen molar-refractivity contribution < 1.29 is 9.21 Å². The summed E-state index contributed by atoms with van der Waals surface area (Å²) in [6.07, 6.45) is 6.12. The fourth-order valence-corrected chi connectivity index (χ4v) is 5.69. The highest BCUT2D eigenvalue weighted by Crippen LogP contribution is 2.44. The summed E-state index contributed by atoms with van der Waals surface area (Å²) in [5.74, 6) is 0.786. The van der Waals surface area contributed by atoms with E-state index in [0.29, 0.717) is 30.3 Å². The van der Waals surface area contributed by atoms with Crippen molar-refractivity contribution >= 4 is 27.5 Å². The zero-order valence-corrected chi connectivity index (χ0v) is 19.0. The summed E-state index contributed by atoms with van der Waals surface area (Å²) in [6.45, 7) is 0.540. The van der Waals surface area contributed by atoms with E-state index in [1.807, 2.05) is 41.3 Å². The van der Waals surface area contributed by atoms with Crippen LogP contribution in [0.1, 0.15) is 57.4 Å². The first-order valence-corrected chi connectivity index (χ1v) is 12.2. The summed E-state index contributed by atoms with van der Waals surface area (Å²) in [4.78, 5) is 37.7. The maximum absolute atomic E-state index is 14.0. The molecule has 1 saturated carbocycles. The summed E-state index contributed by atoms with van der Waals surface area (Å²) in [5, 5.41) is 0.847. The van der Waals surface area contributed by atoms with Crippen LogP contribution in [0.4, 0.5) is 0 Å². The highest BCUT2D eigenvalue weighted by Gasteiger charge is 2.41. The molecule has 7 rings (SSSR count). The molecule has 4 aromatic heterocycles. The van der Waals surface area contributed by atoms with Gasteiger partial charge in [0.2, 0.25) is 11.7 Å². The van der Waals surface area contributed by atoms with E-state index < -0.39 is 0 Å². The minimum Gasteiger partial charge on any atom is -0.429 e. The third kappa shape index (κ3) is 3.15. The fourth-order valence-electron chi connectivity index (χ4n) is 4.60. The minimum absolute atomic E-state index is 0.172. The number of thiazole rings is 1. The number of aromatic amines is 1. The number of carbonyl (C=O) groups is 1. The molecule has 34 heavy (non-hydrogen) atoms. The first-order valence-electron chi connectivity index (χ1n) is 11.4. The summed E-state index contributed by atoms with van der Waals surface area (Å²) in [6, 6.07) is 13.2. The molecule has 1 amide bonds. The molecular formula is C25H20N6O2S. The maximum Gasteiger partial charge on any atom is 0.292 e. The van der Waals surface area contributed by atoms with Crippen LogP contribution < -0.4 is 0 Å². The Bertz CT molecular complexity index is 1480. The Morgan fingerprint density at radius 1 is 1.06 bits per heavy atom. The van der Waals surface area contributed by atoms with Gasteiger partial charge in [-0.15, -0.1) is 11.3 Å². The predicted octanol–water partition coefficient (Wildman–Crippen LogP) is 4.73. The van der Waals surface area contributed by atoms with E-state index >= 15 is 0 Å². The number of nitrogens with one attached hydrogen (secondary N) is 1. The minimum atomic E-state index is -0.379. The van der Waals surface area contributed by atoms with Crippen molar-refractivity contribution in [2.24, 2.45) is 0 Å². The van der Waals surface area contributed by atoms with E-state index in [2.05, 4.69) is 21.0 Å². The number of H-pyrrole nitrogens is 1. The number of benzene rings is 1. The first-order chi connectivity index (χ1) is 16.8. The number of oxazole rings is 1. The quantitative estimate of drug-likeness (QED) is 0.409. The van der Waals surface area contributed by atoms with Crippen LogP contribution in [0.25, 0.3) is 21.8 Å². The zero-order valence-electron chi connectivity index (χ0n) is 18.1. The molecule has 1 aliphatic carbocycles. The maximum atomic E-state index is 14.0. The van der Waals surface area contributed by atoms with Gasteiger partial charge in [0.15, 0.2) is 0 Å². The third-order valence-corrected chi connectivity index (χ3v) is 7.51. The zero-order chi connectivity index (χ0) is 22.6. The lowest BCUT2D eigenvalue weighted by molar-refractivity contribution is 0.0657. The van der Waals surface area contributed by atoms with Gasteiger partial charge < -0.3 is 14.3 Å². The lowest BCUT2D eigenvalue weighted by atomic mass is 10.0. The van der Waals surface area contributed by atoms with Gasteiger partial charge in [0, 0.05) is 30.8 Å². The lowest BCUT2D eigenvalue weighted by Gasteiger charge is -2.33. The number of amides is 1. The Morgan fingerprint density at radius 3 is 2.76 bits per heavy atom. The van der Waals surface area contributed by atoms with E-state index in [4.69, 9.17) is 14.4 Å². The van der Waals surface area contributed by atoms with Gasteiger partial charge in [0.25, 0.3) is 5.91 Å². The molecule has 0 bridgehead atoms. The molecule has 0 saturated heterocycles. The first kappa shape index (κ1) is 19.6. The number of nitrogens with zero attached hydrogens (tertiary/aromatic N) is 5. The Labute approximate surface area is 198 Å². The molecule has 1 aromatic carbocycles. The number of carbonyl (C=O) groups excluding carboxylic acids is 1. The lowest BCUT2D eigenvalue weighted by Crippen LogP contribution is -2.41. The number of fused-ring (bicyclic) bond motifs is 2. The predicted molar refractivity (Wildman–Crippen MR) is 127 cm³/mol. The standard InChI is InChI=1S/C25H20N6O2S/c32-25(22-19(14-8-9-14)30-23(33-22)17-6-3-4-11-26-17)31-12-10-16-20(28-13-27-16)21(31)24-29-15-5-1-2-7-18(15)34-24/h1-7,11,13-14,21H,8-10,12H2,(H,27,28)/t21-/m0/s1.